The first-order chi connectivity index (χ1) is 6.90. The van der Waals surface area contributed by atoms with Gasteiger partial charge in [-0.15, -0.1) is 11.3 Å². The van der Waals surface area contributed by atoms with Gasteiger partial charge in [0.2, 0.25) is 0 Å². The molecule has 0 aliphatic carbocycles. The zero-order valence-electron chi connectivity index (χ0n) is 8.10. The van der Waals surface area contributed by atoms with E-state index in [2.05, 4.69) is 48.6 Å². The molecular formula is C13H12S. The number of hydrogen-bond donors (Lipinski definition) is 0. The molecule has 0 N–H and O–H groups in total. The monoisotopic (exact) mass is 200 g/mol. The van der Waals surface area contributed by atoms with Crippen molar-refractivity contribution in [3.05, 3.63) is 53.4 Å². The third-order valence-corrected chi connectivity index (χ3v) is 3.12. The van der Waals surface area contributed by atoms with E-state index in [1.807, 2.05) is 24.3 Å². The fourth-order valence-corrected chi connectivity index (χ4v) is 2.35. The zero-order valence-corrected chi connectivity index (χ0v) is 8.92. The van der Waals surface area contributed by atoms with Gasteiger partial charge in [0.05, 0.1) is 0 Å². The second-order valence-corrected chi connectivity index (χ2v) is 4.18. The van der Waals surface area contributed by atoms with Crippen molar-refractivity contribution in [3.8, 4) is 10.4 Å². The number of thiophene rings is 1. The number of benzene rings is 1. The fraction of sp³-hybridized carbons (Fsp3) is 0.0769. The molecule has 1 aromatic carbocycles. The Kier molecular flexibility index (Phi) is 2.80. The number of allylic oxidation sites excluding steroid dienone is 1. The molecule has 0 bridgehead atoms. The van der Waals surface area contributed by atoms with Crippen molar-refractivity contribution in [2.45, 2.75) is 6.92 Å². The molecule has 2 rings (SSSR count). The third kappa shape index (κ3) is 1.94. The quantitative estimate of drug-likeness (QED) is 0.672. The lowest BCUT2D eigenvalue weighted by Crippen LogP contribution is -1.67. The van der Waals surface area contributed by atoms with E-state index in [0.717, 1.165) is 0 Å². The van der Waals surface area contributed by atoms with Gasteiger partial charge in [0.25, 0.3) is 0 Å². The first-order valence-electron chi connectivity index (χ1n) is 4.68. The van der Waals surface area contributed by atoms with Crippen LogP contribution in [-0.4, -0.2) is 0 Å². The van der Waals surface area contributed by atoms with Crippen molar-refractivity contribution in [2.24, 2.45) is 0 Å². The first kappa shape index (κ1) is 9.22. The Morgan fingerprint density at radius 3 is 2.50 bits per heavy atom. The minimum absolute atomic E-state index is 1.30. The van der Waals surface area contributed by atoms with E-state index in [1.54, 1.807) is 0 Å². The maximum Gasteiger partial charge on any atom is 0.0349 e. The molecule has 0 fully saturated rings. The summed E-state index contributed by atoms with van der Waals surface area (Å²) in [5.74, 6) is 0. The second kappa shape index (κ2) is 4.25. The Labute approximate surface area is 88.5 Å². The average Bonchev–Trinajstić information content (AvgIpc) is 2.68. The van der Waals surface area contributed by atoms with E-state index in [0.29, 0.717) is 0 Å². The highest BCUT2D eigenvalue weighted by Crippen LogP contribution is 2.28. The Morgan fingerprint density at radius 2 is 1.79 bits per heavy atom. The largest absolute Gasteiger partial charge is 0.136 e. The van der Waals surface area contributed by atoms with E-state index in [9.17, 15) is 0 Å². The van der Waals surface area contributed by atoms with Crippen LogP contribution in [-0.2, 0) is 0 Å². The van der Waals surface area contributed by atoms with Crippen LogP contribution in [0.4, 0.5) is 0 Å². The van der Waals surface area contributed by atoms with Gasteiger partial charge >= 0.3 is 0 Å². The predicted molar refractivity (Wildman–Crippen MR) is 64.5 cm³/mol. The molecule has 1 heteroatoms. The lowest BCUT2D eigenvalue weighted by Gasteiger charge is -1.93. The van der Waals surface area contributed by atoms with Gasteiger partial charge < -0.3 is 0 Å². The van der Waals surface area contributed by atoms with E-state index in [1.165, 1.54) is 15.3 Å². The van der Waals surface area contributed by atoms with Crippen LogP contribution in [0, 0.1) is 0 Å². The summed E-state index contributed by atoms with van der Waals surface area (Å²) in [5, 5.41) is 0. The molecule has 0 saturated carbocycles. The Balaban J connectivity index is 2.34. The fourth-order valence-electron chi connectivity index (χ4n) is 1.36. The molecule has 1 aromatic heterocycles. The Bertz CT molecular complexity index is 424. The van der Waals surface area contributed by atoms with Gasteiger partial charge in [0, 0.05) is 9.75 Å². The molecule has 0 atom stereocenters. The van der Waals surface area contributed by atoms with E-state index >= 15 is 0 Å². The molecule has 1 heterocycles. The van der Waals surface area contributed by atoms with Crippen LogP contribution in [0.5, 0.6) is 0 Å². The molecule has 0 aliphatic rings. The van der Waals surface area contributed by atoms with Crippen LogP contribution in [0.25, 0.3) is 16.5 Å². The minimum Gasteiger partial charge on any atom is -0.136 e. The average molecular weight is 200 g/mol. The standard InChI is InChI=1S/C13H12S/c1-2-6-12-9-10-13(14-12)11-7-4-3-5-8-11/h2-10H,1H3/b6-2-. The number of hydrogen-bond acceptors (Lipinski definition) is 1. The minimum atomic E-state index is 1.30. The van der Waals surface area contributed by atoms with Crippen LogP contribution in [0.2, 0.25) is 0 Å². The van der Waals surface area contributed by atoms with Crippen molar-refractivity contribution in [1.82, 2.24) is 0 Å². The summed E-state index contributed by atoms with van der Waals surface area (Å²) in [5.41, 5.74) is 1.30. The second-order valence-electron chi connectivity index (χ2n) is 3.07. The van der Waals surface area contributed by atoms with Crippen LogP contribution < -0.4 is 0 Å². The zero-order chi connectivity index (χ0) is 9.80. The highest BCUT2D eigenvalue weighted by Gasteiger charge is 1.99. The third-order valence-electron chi connectivity index (χ3n) is 2.02. The van der Waals surface area contributed by atoms with Crippen molar-refractivity contribution < 1.29 is 0 Å². The summed E-state index contributed by atoms with van der Waals surface area (Å²) >= 11 is 1.82. The molecule has 14 heavy (non-hydrogen) atoms. The smallest absolute Gasteiger partial charge is 0.0349 e. The van der Waals surface area contributed by atoms with Gasteiger partial charge in [-0.25, -0.2) is 0 Å². The molecule has 70 valence electrons. The molecular weight excluding hydrogens is 188 g/mol. The Hall–Kier alpha value is -1.34. The van der Waals surface area contributed by atoms with Gasteiger partial charge in [-0.3, -0.25) is 0 Å². The maximum atomic E-state index is 2.18. The molecule has 0 aliphatic heterocycles. The summed E-state index contributed by atoms with van der Waals surface area (Å²) < 4.78 is 0. The molecule has 0 spiro atoms. The normalized spacial score (nSPS) is 10.9. The molecule has 0 nitrogen and oxygen atoms in total. The van der Waals surface area contributed by atoms with Gasteiger partial charge in [0.15, 0.2) is 0 Å². The molecule has 0 saturated heterocycles. The van der Waals surface area contributed by atoms with Gasteiger partial charge in [-0.2, -0.15) is 0 Å². The van der Waals surface area contributed by atoms with Crippen LogP contribution in [0.3, 0.4) is 0 Å². The lowest BCUT2D eigenvalue weighted by atomic mass is 10.2. The summed E-state index contributed by atoms with van der Waals surface area (Å²) in [7, 11) is 0. The van der Waals surface area contributed by atoms with Gasteiger partial charge in [-0.05, 0) is 30.7 Å². The predicted octanol–water partition coefficient (Wildman–Crippen LogP) is 4.45. The van der Waals surface area contributed by atoms with Crippen LogP contribution in [0.15, 0.2) is 48.5 Å². The Morgan fingerprint density at radius 1 is 1.00 bits per heavy atom. The van der Waals surface area contributed by atoms with Crippen molar-refractivity contribution in [1.29, 1.82) is 0 Å². The van der Waals surface area contributed by atoms with Crippen molar-refractivity contribution in [3.63, 3.8) is 0 Å². The summed E-state index contributed by atoms with van der Waals surface area (Å²) in [4.78, 5) is 2.64. The first-order valence-corrected chi connectivity index (χ1v) is 5.50. The highest BCUT2D eigenvalue weighted by atomic mass is 32.1. The van der Waals surface area contributed by atoms with Gasteiger partial charge in [-0.1, -0.05) is 36.4 Å². The van der Waals surface area contributed by atoms with Crippen molar-refractivity contribution in [2.75, 3.05) is 0 Å². The summed E-state index contributed by atoms with van der Waals surface area (Å²) in [6.45, 7) is 2.04. The summed E-state index contributed by atoms with van der Waals surface area (Å²) in [6.07, 6.45) is 4.21. The lowest BCUT2D eigenvalue weighted by molar-refractivity contribution is 1.70. The van der Waals surface area contributed by atoms with E-state index < -0.39 is 0 Å². The van der Waals surface area contributed by atoms with E-state index in [4.69, 9.17) is 0 Å². The summed E-state index contributed by atoms with van der Waals surface area (Å²) in [6, 6.07) is 14.8. The molecule has 0 radical (unpaired) electrons. The highest BCUT2D eigenvalue weighted by molar-refractivity contribution is 7.16. The van der Waals surface area contributed by atoms with Gasteiger partial charge in [0.1, 0.15) is 0 Å². The SMILES string of the molecule is C/C=C\c1ccc(-c2ccccc2)s1. The van der Waals surface area contributed by atoms with Crippen LogP contribution >= 0.6 is 11.3 Å². The van der Waals surface area contributed by atoms with Crippen molar-refractivity contribution >= 4 is 17.4 Å². The number of rotatable bonds is 2. The van der Waals surface area contributed by atoms with E-state index in [-0.39, 0.29) is 0 Å². The topological polar surface area (TPSA) is 0 Å². The molecule has 2 aromatic rings. The van der Waals surface area contributed by atoms with Crippen LogP contribution in [0.1, 0.15) is 11.8 Å². The molecule has 0 amide bonds. The maximum absolute atomic E-state index is 2.18. The molecule has 0 unspecified atom stereocenters.